The Morgan fingerprint density at radius 2 is 2.21 bits per heavy atom. The molecule has 0 aromatic rings. The highest BCUT2D eigenvalue weighted by Gasteiger charge is 2.42. The summed E-state index contributed by atoms with van der Waals surface area (Å²) in [5.74, 6) is -3.36. The van der Waals surface area contributed by atoms with Crippen LogP contribution < -0.4 is 0 Å². The quantitative estimate of drug-likeness (QED) is 0.667. The van der Waals surface area contributed by atoms with Gasteiger partial charge in [-0.15, -0.1) is 0 Å². The summed E-state index contributed by atoms with van der Waals surface area (Å²) < 4.78 is 42.7. The molecule has 29 heavy (non-hydrogen) atoms. The SMILES string of the molecule is [2H]C([2H])([2H])[C@@]([2H])(CC)C(=O)O[C@H]1C[C@@H](C)C=C2C=C[C@H](C)[C@H](CCC3C[C@@H](O)CC(=O)O3)[C@H]21. The van der Waals surface area contributed by atoms with Gasteiger partial charge < -0.3 is 14.6 Å². The van der Waals surface area contributed by atoms with Crippen molar-refractivity contribution < 1.29 is 29.7 Å². The van der Waals surface area contributed by atoms with Crippen LogP contribution in [-0.2, 0) is 19.1 Å². The van der Waals surface area contributed by atoms with Gasteiger partial charge >= 0.3 is 11.9 Å². The number of rotatable bonds is 6. The summed E-state index contributed by atoms with van der Waals surface area (Å²) in [5, 5.41) is 9.92. The monoisotopic (exact) mass is 408 g/mol. The van der Waals surface area contributed by atoms with Crippen molar-refractivity contribution in [3.63, 3.8) is 0 Å². The Labute approximate surface area is 180 Å². The van der Waals surface area contributed by atoms with Gasteiger partial charge in [-0.05, 0) is 49.0 Å². The van der Waals surface area contributed by atoms with Crippen molar-refractivity contribution in [1.82, 2.24) is 0 Å². The predicted octanol–water partition coefficient (Wildman–Crippen LogP) is 4.20. The van der Waals surface area contributed by atoms with Gasteiger partial charge in [0.15, 0.2) is 0 Å². The predicted molar refractivity (Wildman–Crippen MR) is 111 cm³/mol. The minimum absolute atomic E-state index is 0.0281. The highest BCUT2D eigenvalue weighted by molar-refractivity contribution is 5.72. The third kappa shape index (κ3) is 5.30. The molecule has 0 amide bonds. The first-order valence-electron chi connectivity index (χ1n) is 12.8. The lowest BCUT2D eigenvalue weighted by atomic mass is 9.65. The fourth-order valence-corrected chi connectivity index (χ4v) is 4.99. The van der Waals surface area contributed by atoms with Crippen molar-refractivity contribution in [3.8, 4) is 0 Å². The van der Waals surface area contributed by atoms with E-state index in [0.717, 1.165) is 5.57 Å². The summed E-state index contributed by atoms with van der Waals surface area (Å²) in [7, 11) is 0. The van der Waals surface area contributed by atoms with E-state index in [-0.39, 0.29) is 48.6 Å². The van der Waals surface area contributed by atoms with Crippen LogP contribution in [0.5, 0.6) is 0 Å². The molecular formula is C24H36O5. The molecule has 5 nitrogen and oxygen atoms in total. The molecule has 1 fully saturated rings. The molecule has 0 spiro atoms. The Morgan fingerprint density at radius 1 is 1.41 bits per heavy atom. The van der Waals surface area contributed by atoms with Crippen molar-refractivity contribution in [1.29, 1.82) is 0 Å². The second-order valence-electron chi connectivity index (χ2n) is 8.85. The van der Waals surface area contributed by atoms with Gasteiger partial charge in [0.25, 0.3) is 0 Å². The molecule has 1 heterocycles. The highest BCUT2D eigenvalue weighted by atomic mass is 16.5. The van der Waals surface area contributed by atoms with Crippen LogP contribution >= 0.6 is 0 Å². The number of carbonyl (C=O) groups is 2. The molecule has 0 saturated carbocycles. The van der Waals surface area contributed by atoms with Crippen molar-refractivity contribution in [3.05, 3.63) is 23.8 Å². The summed E-state index contributed by atoms with van der Waals surface area (Å²) in [4.78, 5) is 24.7. The lowest BCUT2D eigenvalue weighted by molar-refractivity contribution is -0.162. The van der Waals surface area contributed by atoms with E-state index in [1.54, 1.807) is 0 Å². The molecule has 0 radical (unpaired) electrons. The average molecular weight is 409 g/mol. The number of aliphatic hydroxyl groups excluding tert-OH is 1. The first kappa shape index (κ1) is 17.1. The molecule has 1 saturated heterocycles. The number of allylic oxidation sites excluding steroid dienone is 3. The Bertz CT molecular complexity index is 807. The highest BCUT2D eigenvalue weighted by Crippen LogP contribution is 2.45. The second kappa shape index (κ2) is 9.46. The van der Waals surface area contributed by atoms with Crippen molar-refractivity contribution >= 4 is 11.9 Å². The Kier molecular flexibility index (Phi) is 5.58. The summed E-state index contributed by atoms with van der Waals surface area (Å²) in [5.41, 5.74) is 1.07. The van der Waals surface area contributed by atoms with E-state index in [1.165, 1.54) is 6.92 Å². The van der Waals surface area contributed by atoms with E-state index in [0.29, 0.717) is 25.7 Å². The number of hydrogen-bond acceptors (Lipinski definition) is 5. The van der Waals surface area contributed by atoms with E-state index < -0.39 is 30.9 Å². The summed E-state index contributed by atoms with van der Waals surface area (Å²) >= 11 is 0. The summed E-state index contributed by atoms with van der Waals surface area (Å²) in [6.45, 7) is 2.87. The molecule has 2 aliphatic carbocycles. The van der Waals surface area contributed by atoms with Crippen LogP contribution in [0.15, 0.2) is 23.8 Å². The van der Waals surface area contributed by atoms with Gasteiger partial charge in [-0.1, -0.05) is 45.9 Å². The molecule has 3 rings (SSSR count). The normalized spacial score (nSPS) is 41.4. The maximum atomic E-state index is 13.0. The minimum Gasteiger partial charge on any atom is -0.462 e. The largest absolute Gasteiger partial charge is 0.462 e. The number of cyclic esters (lactones) is 1. The maximum absolute atomic E-state index is 13.0. The Morgan fingerprint density at radius 3 is 2.90 bits per heavy atom. The summed E-state index contributed by atoms with van der Waals surface area (Å²) in [6.07, 6.45) is 6.97. The molecule has 8 atom stereocenters. The van der Waals surface area contributed by atoms with Crippen molar-refractivity contribution in [2.24, 2.45) is 29.6 Å². The first-order valence-corrected chi connectivity index (χ1v) is 10.8. The number of aliphatic hydroxyl groups is 1. The van der Waals surface area contributed by atoms with Gasteiger partial charge in [0.1, 0.15) is 12.2 Å². The van der Waals surface area contributed by atoms with E-state index in [4.69, 9.17) is 15.0 Å². The minimum atomic E-state index is -2.78. The number of hydrogen-bond donors (Lipinski definition) is 1. The lowest BCUT2D eigenvalue weighted by Gasteiger charge is -2.43. The molecule has 0 aromatic carbocycles. The fourth-order valence-electron chi connectivity index (χ4n) is 4.99. The number of fused-ring (bicyclic) bond motifs is 1. The molecule has 1 aliphatic heterocycles. The van der Waals surface area contributed by atoms with Crippen LogP contribution in [0.1, 0.15) is 71.6 Å². The van der Waals surface area contributed by atoms with Crippen molar-refractivity contribution in [2.75, 3.05) is 0 Å². The van der Waals surface area contributed by atoms with Crippen LogP contribution in [0.25, 0.3) is 0 Å². The van der Waals surface area contributed by atoms with Gasteiger partial charge in [0, 0.05) is 17.8 Å². The van der Waals surface area contributed by atoms with Crippen LogP contribution in [0.4, 0.5) is 0 Å². The topological polar surface area (TPSA) is 72.8 Å². The van der Waals surface area contributed by atoms with Gasteiger partial charge in [-0.25, -0.2) is 0 Å². The third-order valence-corrected chi connectivity index (χ3v) is 6.51. The summed E-state index contributed by atoms with van der Waals surface area (Å²) in [6, 6.07) is 0. The van der Waals surface area contributed by atoms with Crippen LogP contribution in [-0.4, -0.2) is 35.4 Å². The molecule has 0 bridgehead atoms. The Hall–Kier alpha value is -1.62. The third-order valence-electron chi connectivity index (χ3n) is 6.51. The van der Waals surface area contributed by atoms with E-state index in [1.807, 2.05) is 6.92 Å². The van der Waals surface area contributed by atoms with Crippen LogP contribution in [0.2, 0.25) is 0 Å². The zero-order valence-corrected chi connectivity index (χ0v) is 17.6. The first-order chi connectivity index (χ1) is 15.4. The number of ether oxygens (including phenoxy) is 2. The van der Waals surface area contributed by atoms with Gasteiger partial charge in [-0.2, -0.15) is 0 Å². The molecular weight excluding hydrogens is 368 g/mol. The van der Waals surface area contributed by atoms with E-state index in [2.05, 4.69) is 25.2 Å². The molecule has 3 aliphatic rings. The standard InChI is InChI=1S/C24H36O5/c1-5-15(3)24(27)29-21-11-14(2)10-17-7-6-16(4)20(23(17)21)9-8-19-12-18(25)13-22(26)28-19/h6-7,10,14-16,18-21,23,25H,5,8-9,11-13H2,1-4H3/t14-,15-,16-,18+,19?,20-,21-,23-/m0/s1/i3D3,15D. The molecule has 162 valence electrons. The second-order valence-corrected chi connectivity index (χ2v) is 8.85. The smallest absolute Gasteiger partial charge is 0.308 e. The Balaban J connectivity index is 1.80. The average Bonchev–Trinajstić information content (AvgIpc) is 2.70. The fraction of sp³-hybridized carbons (Fsp3) is 0.750. The van der Waals surface area contributed by atoms with Gasteiger partial charge in [0.2, 0.25) is 0 Å². The number of carbonyl (C=O) groups excluding carboxylic acids is 2. The zero-order valence-electron chi connectivity index (χ0n) is 21.6. The molecule has 0 aromatic heterocycles. The molecule has 1 unspecified atom stereocenters. The van der Waals surface area contributed by atoms with Crippen LogP contribution in [0, 0.1) is 29.6 Å². The zero-order chi connectivity index (χ0) is 24.6. The lowest BCUT2D eigenvalue weighted by Crippen LogP contribution is -2.42. The van der Waals surface area contributed by atoms with Gasteiger partial charge in [-0.3, -0.25) is 9.59 Å². The van der Waals surface area contributed by atoms with Crippen molar-refractivity contribution in [2.45, 2.75) is 84.5 Å². The van der Waals surface area contributed by atoms with Gasteiger partial charge in [0.05, 0.1) is 18.4 Å². The molecule has 5 heteroatoms. The van der Waals surface area contributed by atoms with Crippen LogP contribution in [0.3, 0.4) is 0 Å². The van der Waals surface area contributed by atoms with E-state index in [9.17, 15) is 14.7 Å². The number of esters is 2. The molecule has 1 N–H and O–H groups in total. The van der Waals surface area contributed by atoms with E-state index >= 15 is 0 Å². The maximum Gasteiger partial charge on any atom is 0.308 e.